The molecule has 0 saturated heterocycles. The molecule has 0 atom stereocenters. The Morgan fingerprint density at radius 1 is 1.05 bits per heavy atom. The monoisotopic (exact) mass is 297 g/mol. The van der Waals surface area contributed by atoms with Gasteiger partial charge in [0.2, 0.25) is 0 Å². The Balaban J connectivity index is 2.11. The van der Waals surface area contributed by atoms with Crippen molar-refractivity contribution in [2.45, 2.75) is 0 Å². The van der Waals surface area contributed by atoms with E-state index in [0.717, 1.165) is 4.90 Å². The third kappa shape index (κ3) is 1.93. The van der Waals surface area contributed by atoms with Gasteiger partial charge in [0.1, 0.15) is 5.75 Å². The molecule has 0 aliphatic carbocycles. The van der Waals surface area contributed by atoms with Crippen LogP contribution in [0.4, 0.5) is 5.69 Å². The highest BCUT2D eigenvalue weighted by atomic mass is 16.5. The van der Waals surface area contributed by atoms with E-state index in [9.17, 15) is 14.4 Å². The van der Waals surface area contributed by atoms with Gasteiger partial charge in [-0.1, -0.05) is 12.1 Å². The van der Waals surface area contributed by atoms with Crippen LogP contribution in [-0.2, 0) is 0 Å². The molecule has 2 aromatic rings. The number of nitrogens with zero attached hydrogens (tertiary/aromatic N) is 1. The van der Waals surface area contributed by atoms with Crippen molar-refractivity contribution in [3.63, 3.8) is 0 Å². The molecule has 1 N–H and O–H groups in total. The van der Waals surface area contributed by atoms with E-state index >= 15 is 0 Å². The van der Waals surface area contributed by atoms with E-state index < -0.39 is 17.8 Å². The molecule has 0 unspecified atom stereocenters. The quantitative estimate of drug-likeness (QED) is 0.878. The minimum atomic E-state index is -1.12. The zero-order chi connectivity index (χ0) is 15.9. The number of anilines is 1. The maximum Gasteiger partial charge on any atom is 0.335 e. The predicted octanol–water partition coefficient (Wildman–Crippen LogP) is 2.19. The van der Waals surface area contributed by atoms with E-state index in [-0.39, 0.29) is 17.0 Å². The molecule has 2 aromatic carbocycles. The molecule has 0 fully saturated rings. The van der Waals surface area contributed by atoms with Gasteiger partial charge in [-0.05, 0) is 30.3 Å². The van der Waals surface area contributed by atoms with Crippen molar-refractivity contribution >= 4 is 23.5 Å². The van der Waals surface area contributed by atoms with E-state index in [1.807, 2.05) is 0 Å². The van der Waals surface area contributed by atoms with E-state index in [0.29, 0.717) is 11.1 Å². The average Bonchev–Trinajstić information content (AvgIpc) is 2.78. The Hall–Kier alpha value is -3.15. The lowest BCUT2D eigenvalue weighted by Gasteiger charge is -2.17. The second-order valence-corrected chi connectivity index (χ2v) is 4.68. The fraction of sp³-hybridized carbons (Fsp3) is 0.0625. The number of carbonyl (C=O) groups excluding carboxylic acids is 2. The summed E-state index contributed by atoms with van der Waals surface area (Å²) in [5, 5.41) is 9.00. The van der Waals surface area contributed by atoms with E-state index in [4.69, 9.17) is 9.84 Å². The zero-order valence-electron chi connectivity index (χ0n) is 11.6. The first-order valence-electron chi connectivity index (χ1n) is 6.43. The molecule has 0 saturated carbocycles. The highest BCUT2D eigenvalue weighted by Gasteiger charge is 2.37. The highest BCUT2D eigenvalue weighted by Crippen LogP contribution is 2.35. The molecule has 1 heterocycles. The molecule has 110 valence electrons. The van der Waals surface area contributed by atoms with Crippen LogP contribution in [-0.4, -0.2) is 30.0 Å². The number of fused-ring (bicyclic) bond motifs is 1. The molecule has 0 bridgehead atoms. The number of aromatic carboxylic acids is 1. The summed E-state index contributed by atoms with van der Waals surface area (Å²) in [6, 6.07) is 10.5. The summed E-state index contributed by atoms with van der Waals surface area (Å²) >= 11 is 0. The fourth-order valence-electron chi connectivity index (χ4n) is 2.40. The lowest BCUT2D eigenvalue weighted by atomic mass is 10.1. The minimum absolute atomic E-state index is 0.0113. The lowest BCUT2D eigenvalue weighted by molar-refractivity contribution is 0.0696. The standard InChI is InChI=1S/C16H11NO5/c1-22-13-8-9(16(20)21)6-7-12(13)17-14(18)10-4-2-3-5-11(10)15(17)19/h2-8H,1H3,(H,20,21). The Labute approximate surface area is 125 Å². The first-order valence-corrected chi connectivity index (χ1v) is 6.43. The van der Waals surface area contributed by atoms with Gasteiger partial charge in [-0.15, -0.1) is 0 Å². The summed E-state index contributed by atoms with van der Waals surface area (Å²) < 4.78 is 5.13. The molecule has 1 aliphatic heterocycles. The Kier molecular flexibility index (Phi) is 3.14. The normalized spacial score (nSPS) is 13.2. The third-order valence-corrected chi connectivity index (χ3v) is 3.46. The average molecular weight is 297 g/mol. The number of benzene rings is 2. The van der Waals surface area contributed by atoms with Gasteiger partial charge in [0, 0.05) is 0 Å². The van der Waals surface area contributed by atoms with Crippen molar-refractivity contribution < 1.29 is 24.2 Å². The first kappa shape index (κ1) is 13.8. The van der Waals surface area contributed by atoms with Gasteiger partial charge in [-0.3, -0.25) is 9.59 Å². The molecule has 1 aliphatic rings. The van der Waals surface area contributed by atoms with Crippen LogP contribution >= 0.6 is 0 Å². The third-order valence-electron chi connectivity index (χ3n) is 3.46. The van der Waals surface area contributed by atoms with Gasteiger partial charge in [-0.25, -0.2) is 9.69 Å². The number of amides is 2. The topological polar surface area (TPSA) is 83.9 Å². The summed E-state index contributed by atoms with van der Waals surface area (Å²) in [5.41, 5.74) is 0.865. The van der Waals surface area contributed by atoms with Crippen LogP contribution in [0.15, 0.2) is 42.5 Å². The molecular weight excluding hydrogens is 286 g/mol. The molecule has 0 spiro atoms. The first-order chi connectivity index (χ1) is 10.5. The molecule has 3 rings (SSSR count). The minimum Gasteiger partial charge on any atom is -0.495 e. The van der Waals surface area contributed by atoms with Crippen molar-refractivity contribution in [1.82, 2.24) is 0 Å². The fourth-order valence-corrected chi connectivity index (χ4v) is 2.40. The number of carboxylic acid groups (broad SMARTS) is 1. The lowest BCUT2D eigenvalue weighted by Crippen LogP contribution is -2.29. The van der Waals surface area contributed by atoms with Crippen molar-refractivity contribution in [3.8, 4) is 5.75 Å². The molecule has 22 heavy (non-hydrogen) atoms. The largest absolute Gasteiger partial charge is 0.495 e. The number of ether oxygens (including phenoxy) is 1. The van der Waals surface area contributed by atoms with Crippen LogP contribution < -0.4 is 9.64 Å². The summed E-state index contributed by atoms with van der Waals surface area (Å²) in [6.45, 7) is 0. The van der Waals surface area contributed by atoms with E-state index in [2.05, 4.69) is 0 Å². The van der Waals surface area contributed by atoms with E-state index in [1.165, 1.54) is 25.3 Å². The molecule has 6 heteroatoms. The number of imide groups is 1. The van der Waals surface area contributed by atoms with Crippen molar-refractivity contribution in [2.24, 2.45) is 0 Å². The van der Waals surface area contributed by atoms with Gasteiger partial charge in [0.15, 0.2) is 0 Å². The SMILES string of the molecule is COc1cc(C(=O)O)ccc1N1C(=O)c2ccccc2C1=O. The van der Waals surface area contributed by atoms with Gasteiger partial charge >= 0.3 is 5.97 Å². The maximum atomic E-state index is 12.4. The van der Waals surface area contributed by atoms with Crippen LogP contribution in [0.5, 0.6) is 5.75 Å². The van der Waals surface area contributed by atoms with Crippen molar-refractivity contribution in [2.75, 3.05) is 12.0 Å². The molecular formula is C16H11NO5. The summed E-state index contributed by atoms with van der Waals surface area (Å²) in [5.74, 6) is -1.88. The maximum absolute atomic E-state index is 12.4. The van der Waals surface area contributed by atoms with Crippen LogP contribution in [0.25, 0.3) is 0 Å². The number of methoxy groups -OCH3 is 1. The number of hydrogen-bond acceptors (Lipinski definition) is 4. The van der Waals surface area contributed by atoms with Gasteiger partial charge in [-0.2, -0.15) is 0 Å². The van der Waals surface area contributed by atoms with Crippen LogP contribution in [0.2, 0.25) is 0 Å². The van der Waals surface area contributed by atoms with Gasteiger partial charge < -0.3 is 9.84 Å². The predicted molar refractivity (Wildman–Crippen MR) is 77.5 cm³/mol. The van der Waals surface area contributed by atoms with Gasteiger partial charge in [0.05, 0.1) is 29.5 Å². The summed E-state index contributed by atoms with van der Waals surface area (Å²) in [6.07, 6.45) is 0. The zero-order valence-corrected chi connectivity index (χ0v) is 11.6. The summed E-state index contributed by atoms with van der Waals surface area (Å²) in [4.78, 5) is 36.9. The van der Waals surface area contributed by atoms with Crippen LogP contribution in [0, 0.1) is 0 Å². The summed E-state index contributed by atoms with van der Waals surface area (Å²) in [7, 11) is 1.35. The molecule has 6 nitrogen and oxygen atoms in total. The molecule has 2 amide bonds. The van der Waals surface area contributed by atoms with Crippen molar-refractivity contribution in [1.29, 1.82) is 0 Å². The van der Waals surface area contributed by atoms with Crippen molar-refractivity contribution in [3.05, 3.63) is 59.2 Å². The second-order valence-electron chi connectivity index (χ2n) is 4.68. The number of rotatable bonds is 3. The van der Waals surface area contributed by atoms with Crippen LogP contribution in [0.3, 0.4) is 0 Å². The number of hydrogen-bond donors (Lipinski definition) is 1. The highest BCUT2D eigenvalue weighted by molar-refractivity contribution is 6.34. The number of carbonyl (C=O) groups is 3. The molecule has 0 radical (unpaired) electrons. The number of carboxylic acids is 1. The Morgan fingerprint density at radius 2 is 1.64 bits per heavy atom. The second kappa shape index (κ2) is 5.00. The Bertz CT molecular complexity index is 777. The van der Waals surface area contributed by atoms with Gasteiger partial charge in [0.25, 0.3) is 11.8 Å². The molecule has 0 aromatic heterocycles. The smallest absolute Gasteiger partial charge is 0.335 e. The van der Waals surface area contributed by atoms with Crippen LogP contribution in [0.1, 0.15) is 31.1 Å². The van der Waals surface area contributed by atoms with E-state index in [1.54, 1.807) is 24.3 Å². The Morgan fingerprint density at radius 3 is 2.14 bits per heavy atom.